The molecule has 0 radical (unpaired) electrons. The largest absolute Gasteiger partial charge is 0.505 e. The van der Waals surface area contributed by atoms with E-state index in [4.69, 9.17) is 0 Å². The van der Waals surface area contributed by atoms with Crippen LogP contribution in [-0.4, -0.2) is 58.5 Å². The molecule has 1 saturated heterocycles. The number of aromatic nitrogens is 1. The van der Waals surface area contributed by atoms with Gasteiger partial charge in [0.2, 0.25) is 5.91 Å². The molecule has 0 saturated carbocycles. The summed E-state index contributed by atoms with van der Waals surface area (Å²) in [7, 11) is 0. The Hall–Kier alpha value is -2.59. The van der Waals surface area contributed by atoms with Crippen LogP contribution in [0.5, 0.6) is 5.75 Å². The Balaban J connectivity index is 2.05. The second-order valence-corrected chi connectivity index (χ2v) is 5.82. The summed E-state index contributed by atoms with van der Waals surface area (Å²) in [5, 5.41) is 15.4. The average Bonchev–Trinajstić information content (AvgIpc) is 2.98. The third-order valence-electron chi connectivity index (χ3n) is 3.98. The number of aromatic hydroxyl groups is 1. The van der Waals surface area contributed by atoms with E-state index in [1.165, 1.54) is 12.3 Å². The zero-order valence-corrected chi connectivity index (χ0v) is 14.6. The van der Waals surface area contributed by atoms with Crippen LogP contribution < -0.4 is 10.6 Å². The molecule has 7 nitrogen and oxygen atoms in total. The Kier molecular flexibility index (Phi) is 6.78. The standard InChI is InChI=1S/C18H24N4O3/c1-3-5-6-10-22-12-13(11-14(22)17(24)19-4-2)21-18(25)16-15(23)8-7-9-20-16/h7-9,13-14,23H,3-4,10-12H2,1-2H3,(H,19,24)(H,21,25)/t13-,14-/m0/s1. The van der Waals surface area contributed by atoms with Crippen molar-refractivity contribution in [1.82, 2.24) is 20.5 Å². The molecule has 2 rings (SSSR count). The zero-order valence-electron chi connectivity index (χ0n) is 14.6. The third-order valence-corrected chi connectivity index (χ3v) is 3.98. The first-order chi connectivity index (χ1) is 12.1. The number of nitrogens with zero attached hydrogens (tertiary/aromatic N) is 2. The van der Waals surface area contributed by atoms with Gasteiger partial charge in [0.1, 0.15) is 5.75 Å². The van der Waals surface area contributed by atoms with Crippen molar-refractivity contribution in [2.24, 2.45) is 0 Å². The number of carbonyl (C=O) groups excluding carboxylic acids is 2. The van der Waals surface area contributed by atoms with E-state index in [0.29, 0.717) is 26.1 Å². The molecule has 1 fully saturated rings. The zero-order chi connectivity index (χ0) is 18.2. The predicted octanol–water partition coefficient (Wildman–Crippen LogP) is 0.509. The lowest BCUT2D eigenvalue weighted by Gasteiger charge is -2.20. The van der Waals surface area contributed by atoms with E-state index in [1.807, 2.05) is 18.7 Å². The van der Waals surface area contributed by atoms with Crippen LogP contribution in [0.4, 0.5) is 0 Å². The van der Waals surface area contributed by atoms with E-state index in [-0.39, 0.29) is 29.4 Å². The SMILES string of the molecule is CCC#CCN1C[C@@H](NC(=O)c2ncccc2O)C[C@H]1C(=O)NCC. The molecule has 1 aliphatic heterocycles. The van der Waals surface area contributed by atoms with Crippen LogP contribution in [0.25, 0.3) is 0 Å². The Morgan fingerprint density at radius 1 is 1.40 bits per heavy atom. The fraction of sp³-hybridized carbons (Fsp3) is 0.500. The molecule has 1 aromatic rings. The number of rotatable bonds is 5. The fourth-order valence-electron chi connectivity index (χ4n) is 2.86. The number of likely N-dealkylation sites (N-methyl/N-ethyl adjacent to an activating group) is 1. The molecule has 0 aromatic carbocycles. The Morgan fingerprint density at radius 2 is 2.20 bits per heavy atom. The molecule has 25 heavy (non-hydrogen) atoms. The van der Waals surface area contributed by atoms with Crippen LogP contribution in [0.1, 0.15) is 37.2 Å². The number of carbonyl (C=O) groups is 2. The maximum Gasteiger partial charge on any atom is 0.273 e. The number of likely N-dealkylation sites (tertiary alicyclic amines) is 1. The van der Waals surface area contributed by atoms with Crippen molar-refractivity contribution in [2.45, 2.75) is 38.8 Å². The topological polar surface area (TPSA) is 94.6 Å². The molecule has 1 aliphatic rings. The lowest BCUT2D eigenvalue weighted by Crippen LogP contribution is -2.43. The van der Waals surface area contributed by atoms with E-state index in [0.717, 1.165) is 6.42 Å². The molecular formula is C18H24N4O3. The quantitative estimate of drug-likeness (QED) is 0.677. The summed E-state index contributed by atoms with van der Waals surface area (Å²) < 4.78 is 0. The van der Waals surface area contributed by atoms with Gasteiger partial charge in [0.25, 0.3) is 5.91 Å². The number of hydrogen-bond acceptors (Lipinski definition) is 5. The third kappa shape index (κ3) is 4.94. The summed E-state index contributed by atoms with van der Waals surface area (Å²) in [6.07, 6.45) is 2.71. The van der Waals surface area contributed by atoms with Gasteiger partial charge in [-0.25, -0.2) is 4.98 Å². The lowest BCUT2D eigenvalue weighted by atomic mass is 10.1. The van der Waals surface area contributed by atoms with Crippen molar-refractivity contribution in [3.63, 3.8) is 0 Å². The smallest absolute Gasteiger partial charge is 0.273 e. The second-order valence-electron chi connectivity index (χ2n) is 5.82. The van der Waals surface area contributed by atoms with Crippen LogP contribution in [0.2, 0.25) is 0 Å². The average molecular weight is 344 g/mol. The summed E-state index contributed by atoms with van der Waals surface area (Å²) in [6, 6.07) is 2.44. The molecule has 0 aliphatic carbocycles. The van der Waals surface area contributed by atoms with Crippen molar-refractivity contribution in [1.29, 1.82) is 0 Å². The lowest BCUT2D eigenvalue weighted by molar-refractivity contribution is -0.125. The minimum atomic E-state index is -0.445. The van der Waals surface area contributed by atoms with E-state index in [1.54, 1.807) is 6.07 Å². The Morgan fingerprint density at radius 3 is 2.88 bits per heavy atom. The summed E-state index contributed by atoms with van der Waals surface area (Å²) in [6.45, 7) is 5.41. The Labute approximate surface area is 147 Å². The van der Waals surface area contributed by atoms with Crippen molar-refractivity contribution in [3.05, 3.63) is 24.0 Å². The minimum absolute atomic E-state index is 0.0127. The summed E-state index contributed by atoms with van der Waals surface area (Å²) >= 11 is 0. The molecular weight excluding hydrogens is 320 g/mol. The molecule has 2 amide bonds. The first-order valence-electron chi connectivity index (χ1n) is 8.49. The Bertz CT molecular complexity index is 680. The highest BCUT2D eigenvalue weighted by molar-refractivity contribution is 5.95. The van der Waals surface area contributed by atoms with Crippen molar-refractivity contribution < 1.29 is 14.7 Å². The highest BCUT2D eigenvalue weighted by atomic mass is 16.3. The van der Waals surface area contributed by atoms with Crippen LogP contribution >= 0.6 is 0 Å². The van der Waals surface area contributed by atoms with Crippen LogP contribution in [0.15, 0.2) is 18.3 Å². The van der Waals surface area contributed by atoms with Crippen LogP contribution in [0, 0.1) is 11.8 Å². The summed E-state index contributed by atoms with van der Waals surface area (Å²) in [4.78, 5) is 30.5. The number of nitrogens with one attached hydrogen (secondary N) is 2. The van der Waals surface area contributed by atoms with E-state index >= 15 is 0 Å². The van der Waals surface area contributed by atoms with E-state index in [9.17, 15) is 14.7 Å². The molecule has 3 N–H and O–H groups in total. The summed E-state index contributed by atoms with van der Waals surface area (Å²) in [5.41, 5.74) is -0.0127. The van der Waals surface area contributed by atoms with Crippen LogP contribution in [0.3, 0.4) is 0 Å². The van der Waals surface area contributed by atoms with E-state index < -0.39 is 5.91 Å². The molecule has 0 bridgehead atoms. The first-order valence-corrected chi connectivity index (χ1v) is 8.49. The fourth-order valence-corrected chi connectivity index (χ4v) is 2.86. The molecule has 0 unspecified atom stereocenters. The normalized spacial score (nSPS) is 19.8. The molecule has 7 heteroatoms. The molecule has 134 valence electrons. The molecule has 0 spiro atoms. The number of amides is 2. The number of pyridine rings is 1. The maximum absolute atomic E-state index is 12.3. The highest BCUT2D eigenvalue weighted by Gasteiger charge is 2.37. The predicted molar refractivity (Wildman–Crippen MR) is 93.9 cm³/mol. The van der Waals surface area contributed by atoms with Gasteiger partial charge in [-0.3, -0.25) is 14.5 Å². The van der Waals surface area contributed by atoms with Crippen molar-refractivity contribution in [2.75, 3.05) is 19.6 Å². The van der Waals surface area contributed by atoms with Crippen molar-refractivity contribution >= 4 is 11.8 Å². The van der Waals surface area contributed by atoms with Crippen molar-refractivity contribution in [3.8, 4) is 17.6 Å². The van der Waals surface area contributed by atoms with E-state index in [2.05, 4.69) is 27.5 Å². The highest BCUT2D eigenvalue weighted by Crippen LogP contribution is 2.19. The summed E-state index contributed by atoms with van der Waals surface area (Å²) in [5.74, 6) is 5.39. The first kappa shape index (κ1) is 18.7. The van der Waals surface area contributed by atoms with Gasteiger partial charge in [-0.1, -0.05) is 12.8 Å². The van der Waals surface area contributed by atoms with Gasteiger partial charge in [-0.15, -0.1) is 5.92 Å². The van der Waals surface area contributed by atoms with Gasteiger partial charge < -0.3 is 15.7 Å². The maximum atomic E-state index is 12.3. The monoisotopic (exact) mass is 344 g/mol. The molecule has 2 atom stereocenters. The van der Waals surface area contributed by atoms with Gasteiger partial charge >= 0.3 is 0 Å². The van der Waals surface area contributed by atoms with Gasteiger partial charge in [0, 0.05) is 31.7 Å². The van der Waals surface area contributed by atoms with Crippen LogP contribution in [-0.2, 0) is 4.79 Å². The molecule has 2 heterocycles. The van der Waals surface area contributed by atoms with Gasteiger partial charge in [0.15, 0.2) is 5.69 Å². The second kappa shape index (κ2) is 9.04. The number of hydrogen-bond donors (Lipinski definition) is 3. The molecule has 1 aromatic heterocycles. The van der Waals surface area contributed by atoms with Gasteiger partial charge in [-0.2, -0.15) is 0 Å². The van der Waals surface area contributed by atoms with Gasteiger partial charge in [-0.05, 0) is 25.5 Å². The van der Waals surface area contributed by atoms with Gasteiger partial charge in [0.05, 0.1) is 12.6 Å². The minimum Gasteiger partial charge on any atom is -0.505 e.